The number of rotatable bonds is 5. The molecule has 21 heavy (non-hydrogen) atoms. The maximum atomic E-state index is 5.51. The molecule has 0 bridgehead atoms. The normalized spacial score (nSPS) is 16.0. The third-order valence-electron chi connectivity index (χ3n) is 3.57. The Hall–Kier alpha value is -1.73. The fourth-order valence-electron chi connectivity index (χ4n) is 2.50. The van der Waals surface area contributed by atoms with Crippen LogP contribution in [-0.2, 0) is 22.9 Å². The summed E-state index contributed by atoms with van der Waals surface area (Å²) in [4.78, 5) is 11.4. The van der Waals surface area contributed by atoms with Crippen molar-refractivity contribution >= 4 is 16.9 Å². The number of hydrogen-bond acceptors (Lipinski definition) is 6. The van der Waals surface area contributed by atoms with E-state index in [0.29, 0.717) is 19.8 Å². The van der Waals surface area contributed by atoms with Gasteiger partial charge in [0, 0.05) is 20.5 Å². The van der Waals surface area contributed by atoms with Crippen molar-refractivity contribution in [1.82, 2.24) is 19.7 Å². The molecule has 1 saturated heterocycles. The number of anilines is 1. The number of ether oxygens (including phenoxy) is 2. The van der Waals surface area contributed by atoms with Crippen molar-refractivity contribution in [1.29, 1.82) is 0 Å². The Kier molecular flexibility index (Phi) is 4.03. The minimum Gasteiger partial charge on any atom is -0.354 e. The standard InChI is InChI=1S/C14H21N5O2/c1-4-5-11-16-13(10-8-15-19(3)14(10)17-11)18(2)9-12-20-6-7-21-12/h8,12H,4-7,9H2,1-3H3. The Morgan fingerprint density at radius 2 is 2.10 bits per heavy atom. The molecule has 0 unspecified atom stereocenters. The van der Waals surface area contributed by atoms with Gasteiger partial charge in [-0.1, -0.05) is 6.92 Å². The van der Waals surface area contributed by atoms with Crippen molar-refractivity contribution in [3.05, 3.63) is 12.0 Å². The van der Waals surface area contributed by atoms with Crippen molar-refractivity contribution < 1.29 is 9.47 Å². The third kappa shape index (κ3) is 2.84. The monoisotopic (exact) mass is 291 g/mol. The van der Waals surface area contributed by atoms with Gasteiger partial charge < -0.3 is 14.4 Å². The molecule has 0 radical (unpaired) electrons. The van der Waals surface area contributed by atoms with Gasteiger partial charge in [-0.25, -0.2) is 9.97 Å². The molecule has 1 aliphatic rings. The molecule has 2 aromatic heterocycles. The van der Waals surface area contributed by atoms with Crippen LogP contribution in [0.25, 0.3) is 11.0 Å². The molecule has 0 atom stereocenters. The van der Waals surface area contributed by atoms with Gasteiger partial charge in [0.25, 0.3) is 0 Å². The highest BCUT2D eigenvalue weighted by Crippen LogP contribution is 2.23. The number of aromatic nitrogens is 4. The summed E-state index contributed by atoms with van der Waals surface area (Å²) in [5.74, 6) is 1.74. The van der Waals surface area contributed by atoms with Gasteiger partial charge in [-0.15, -0.1) is 0 Å². The first kappa shape index (κ1) is 14.2. The second-order valence-electron chi connectivity index (χ2n) is 5.27. The van der Waals surface area contributed by atoms with Crippen molar-refractivity contribution in [3.8, 4) is 0 Å². The van der Waals surface area contributed by atoms with Crippen LogP contribution in [0, 0.1) is 0 Å². The van der Waals surface area contributed by atoms with E-state index in [0.717, 1.165) is 35.5 Å². The second-order valence-corrected chi connectivity index (χ2v) is 5.27. The van der Waals surface area contributed by atoms with Crippen LogP contribution in [-0.4, -0.2) is 52.8 Å². The summed E-state index contributed by atoms with van der Waals surface area (Å²) in [7, 11) is 3.90. The van der Waals surface area contributed by atoms with E-state index >= 15 is 0 Å². The van der Waals surface area contributed by atoms with Crippen molar-refractivity contribution in [2.24, 2.45) is 7.05 Å². The molecule has 0 N–H and O–H groups in total. The van der Waals surface area contributed by atoms with Crippen LogP contribution >= 0.6 is 0 Å². The summed E-state index contributed by atoms with van der Waals surface area (Å²) in [6.45, 7) is 4.09. The number of nitrogens with zero attached hydrogens (tertiary/aromatic N) is 5. The number of fused-ring (bicyclic) bond motifs is 1. The first-order valence-corrected chi connectivity index (χ1v) is 7.32. The summed E-state index contributed by atoms with van der Waals surface area (Å²) in [6, 6.07) is 0. The van der Waals surface area contributed by atoms with Crippen LogP contribution in [0.2, 0.25) is 0 Å². The zero-order valence-electron chi connectivity index (χ0n) is 12.7. The van der Waals surface area contributed by atoms with E-state index in [1.54, 1.807) is 4.68 Å². The number of aryl methyl sites for hydroxylation is 2. The highest BCUT2D eigenvalue weighted by atomic mass is 16.7. The largest absolute Gasteiger partial charge is 0.354 e. The minimum absolute atomic E-state index is 0.189. The van der Waals surface area contributed by atoms with Gasteiger partial charge in [-0.05, 0) is 6.42 Å². The molecule has 0 aromatic carbocycles. The summed E-state index contributed by atoms with van der Waals surface area (Å²) < 4.78 is 12.8. The Morgan fingerprint density at radius 1 is 1.33 bits per heavy atom. The van der Waals surface area contributed by atoms with E-state index in [4.69, 9.17) is 14.5 Å². The molecule has 1 fully saturated rings. The van der Waals surface area contributed by atoms with Crippen LogP contribution in [0.1, 0.15) is 19.2 Å². The van der Waals surface area contributed by atoms with Gasteiger partial charge in [0.2, 0.25) is 0 Å². The smallest absolute Gasteiger partial charge is 0.175 e. The fourth-order valence-corrected chi connectivity index (χ4v) is 2.50. The average Bonchev–Trinajstić information content (AvgIpc) is 3.09. The van der Waals surface area contributed by atoms with Crippen LogP contribution < -0.4 is 4.90 Å². The van der Waals surface area contributed by atoms with E-state index in [1.807, 2.05) is 20.3 Å². The van der Waals surface area contributed by atoms with Crippen molar-refractivity contribution in [2.75, 3.05) is 31.7 Å². The summed E-state index contributed by atoms with van der Waals surface area (Å²) in [5.41, 5.74) is 0.864. The molecule has 0 amide bonds. The lowest BCUT2D eigenvalue weighted by atomic mass is 10.3. The molecule has 0 saturated carbocycles. The van der Waals surface area contributed by atoms with E-state index in [2.05, 4.69) is 21.9 Å². The molecule has 7 heteroatoms. The lowest BCUT2D eigenvalue weighted by Crippen LogP contribution is -2.30. The maximum absolute atomic E-state index is 5.51. The molecule has 7 nitrogen and oxygen atoms in total. The molecule has 3 rings (SSSR count). The van der Waals surface area contributed by atoms with Gasteiger partial charge in [0.05, 0.1) is 31.3 Å². The lowest BCUT2D eigenvalue weighted by molar-refractivity contribution is -0.0336. The maximum Gasteiger partial charge on any atom is 0.175 e. The van der Waals surface area contributed by atoms with E-state index in [1.165, 1.54) is 0 Å². The first-order chi connectivity index (χ1) is 10.2. The molecule has 114 valence electrons. The van der Waals surface area contributed by atoms with Crippen LogP contribution in [0.3, 0.4) is 0 Å². The van der Waals surface area contributed by atoms with Crippen LogP contribution in [0.5, 0.6) is 0 Å². The zero-order valence-corrected chi connectivity index (χ0v) is 12.7. The molecular weight excluding hydrogens is 270 g/mol. The Balaban J connectivity index is 1.94. The predicted octanol–water partition coefficient (Wildman–Crippen LogP) is 1.12. The van der Waals surface area contributed by atoms with Gasteiger partial charge in [0.15, 0.2) is 11.9 Å². The molecule has 0 aliphatic carbocycles. The van der Waals surface area contributed by atoms with Gasteiger partial charge in [0.1, 0.15) is 11.6 Å². The summed E-state index contributed by atoms with van der Waals surface area (Å²) >= 11 is 0. The van der Waals surface area contributed by atoms with Gasteiger partial charge >= 0.3 is 0 Å². The van der Waals surface area contributed by atoms with E-state index < -0.39 is 0 Å². The van der Waals surface area contributed by atoms with Gasteiger partial charge in [-0.3, -0.25) is 4.68 Å². The zero-order chi connectivity index (χ0) is 14.8. The quantitative estimate of drug-likeness (QED) is 0.822. The average molecular weight is 291 g/mol. The molecular formula is C14H21N5O2. The topological polar surface area (TPSA) is 65.3 Å². The second kappa shape index (κ2) is 5.95. The molecule has 1 aliphatic heterocycles. The van der Waals surface area contributed by atoms with Crippen molar-refractivity contribution in [2.45, 2.75) is 26.1 Å². The summed E-state index contributed by atoms with van der Waals surface area (Å²) in [5, 5.41) is 5.25. The minimum atomic E-state index is -0.189. The Labute approximate surface area is 123 Å². The van der Waals surface area contributed by atoms with Crippen LogP contribution in [0.15, 0.2) is 6.20 Å². The van der Waals surface area contributed by atoms with Crippen LogP contribution in [0.4, 0.5) is 5.82 Å². The highest BCUT2D eigenvalue weighted by molar-refractivity contribution is 5.86. The van der Waals surface area contributed by atoms with Crippen molar-refractivity contribution in [3.63, 3.8) is 0 Å². The summed E-state index contributed by atoms with van der Waals surface area (Å²) in [6.07, 6.45) is 3.50. The predicted molar refractivity (Wildman–Crippen MR) is 79.3 cm³/mol. The van der Waals surface area contributed by atoms with Gasteiger partial charge in [-0.2, -0.15) is 5.10 Å². The molecule has 0 spiro atoms. The Morgan fingerprint density at radius 3 is 2.81 bits per heavy atom. The van der Waals surface area contributed by atoms with E-state index in [9.17, 15) is 0 Å². The highest BCUT2D eigenvalue weighted by Gasteiger charge is 2.21. The molecule has 3 heterocycles. The lowest BCUT2D eigenvalue weighted by Gasteiger charge is -2.22. The third-order valence-corrected chi connectivity index (χ3v) is 3.57. The SMILES string of the molecule is CCCc1nc(N(C)CC2OCCO2)c2cnn(C)c2n1. The fraction of sp³-hybridized carbons (Fsp3) is 0.643. The molecule has 2 aromatic rings. The first-order valence-electron chi connectivity index (χ1n) is 7.32. The van der Waals surface area contributed by atoms with E-state index in [-0.39, 0.29) is 6.29 Å². The Bertz CT molecular complexity index is 621. The number of likely N-dealkylation sites (N-methyl/N-ethyl adjacent to an activating group) is 1. The number of hydrogen-bond donors (Lipinski definition) is 0.